The molecule has 0 aliphatic heterocycles. The first-order valence-electron chi connectivity index (χ1n) is 5.98. The van der Waals surface area contributed by atoms with Crippen LogP contribution in [0, 0.1) is 21.4 Å². The van der Waals surface area contributed by atoms with Crippen LogP contribution in [0.2, 0.25) is 0 Å². The maximum absolute atomic E-state index is 12.5. The second kappa shape index (κ2) is 6.24. The number of aromatic nitrogens is 1. The van der Waals surface area contributed by atoms with Gasteiger partial charge in [-0.05, 0) is 24.5 Å². The van der Waals surface area contributed by atoms with E-state index in [2.05, 4.69) is 4.98 Å². The first-order chi connectivity index (χ1) is 10.5. The summed E-state index contributed by atoms with van der Waals surface area (Å²) < 4.78 is 0. The Balaban J connectivity index is 2.51. The maximum atomic E-state index is 12.5. The highest BCUT2D eigenvalue weighted by Crippen LogP contribution is 2.21. The number of nitriles is 1. The van der Waals surface area contributed by atoms with Gasteiger partial charge in [0, 0.05) is 17.7 Å². The van der Waals surface area contributed by atoms with Gasteiger partial charge in [-0.1, -0.05) is 0 Å². The number of carbonyl (C=O) groups is 1. The van der Waals surface area contributed by atoms with Crippen LogP contribution < -0.4 is 5.56 Å². The SMILES string of the molecule is CSc1[nH]c(=O)c(C#N)cc1C(=O)c1ccc([N+](=O)[O-])cc1. The van der Waals surface area contributed by atoms with Crippen molar-refractivity contribution in [3.63, 3.8) is 0 Å². The quantitative estimate of drug-likeness (QED) is 0.399. The van der Waals surface area contributed by atoms with E-state index >= 15 is 0 Å². The number of nitrogens with zero attached hydrogens (tertiary/aromatic N) is 2. The largest absolute Gasteiger partial charge is 0.315 e. The van der Waals surface area contributed by atoms with Crippen molar-refractivity contribution in [1.82, 2.24) is 4.98 Å². The summed E-state index contributed by atoms with van der Waals surface area (Å²) in [5.41, 5.74) is -0.440. The monoisotopic (exact) mass is 315 g/mol. The number of nitro groups is 1. The van der Waals surface area contributed by atoms with E-state index in [9.17, 15) is 19.7 Å². The summed E-state index contributed by atoms with van der Waals surface area (Å²) >= 11 is 1.17. The number of pyridine rings is 1. The average molecular weight is 315 g/mol. The van der Waals surface area contributed by atoms with E-state index in [-0.39, 0.29) is 22.4 Å². The zero-order valence-corrected chi connectivity index (χ0v) is 12.1. The molecule has 0 aliphatic rings. The molecule has 0 amide bonds. The standard InChI is InChI=1S/C14H9N3O4S/c1-22-14-11(6-9(7-15)13(19)16-14)12(18)8-2-4-10(5-3-8)17(20)21/h2-6H,1H3,(H,16,19). The highest BCUT2D eigenvalue weighted by atomic mass is 32.2. The summed E-state index contributed by atoms with van der Waals surface area (Å²) in [5.74, 6) is -0.424. The lowest BCUT2D eigenvalue weighted by atomic mass is 10.0. The Labute approximate surface area is 128 Å². The lowest BCUT2D eigenvalue weighted by molar-refractivity contribution is -0.384. The van der Waals surface area contributed by atoms with Crippen LogP contribution in [-0.4, -0.2) is 21.9 Å². The van der Waals surface area contributed by atoms with Crippen molar-refractivity contribution >= 4 is 23.2 Å². The molecule has 0 fully saturated rings. The van der Waals surface area contributed by atoms with Gasteiger partial charge in [0.25, 0.3) is 11.2 Å². The summed E-state index contributed by atoms with van der Waals surface area (Å²) in [5, 5.41) is 19.8. The number of rotatable bonds is 4. The zero-order chi connectivity index (χ0) is 16.3. The summed E-state index contributed by atoms with van der Waals surface area (Å²) in [4.78, 5) is 36.6. The van der Waals surface area contributed by atoms with Crippen LogP contribution in [0.1, 0.15) is 21.5 Å². The van der Waals surface area contributed by atoms with E-state index in [4.69, 9.17) is 5.26 Å². The third kappa shape index (κ3) is 2.89. The Bertz CT molecular complexity index is 850. The molecular formula is C14H9N3O4S. The van der Waals surface area contributed by atoms with E-state index in [0.717, 1.165) is 0 Å². The molecule has 0 unspecified atom stereocenters. The molecular weight excluding hydrogens is 306 g/mol. The Kier molecular flexibility index (Phi) is 4.39. The normalized spacial score (nSPS) is 10.0. The van der Waals surface area contributed by atoms with E-state index in [1.807, 2.05) is 0 Å². The van der Waals surface area contributed by atoms with Crippen LogP contribution in [0.4, 0.5) is 5.69 Å². The molecule has 7 nitrogen and oxygen atoms in total. The summed E-state index contributed by atoms with van der Waals surface area (Å²) in [6, 6.07) is 8.07. The third-order valence-electron chi connectivity index (χ3n) is 2.91. The van der Waals surface area contributed by atoms with E-state index < -0.39 is 16.3 Å². The van der Waals surface area contributed by atoms with E-state index in [1.54, 1.807) is 12.3 Å². The molecule has 2 aromatic rings. The van der Waals surface area contributed by atoms with Gasteiger partial charge in [-0.3, -0.25) is 19.7 Å². The Hall–Kier alpha value is -2.92. The van der Waals surface area contributed by atoms with Crippen molar-refractivity contribution in [2.75, 3.05) is 6.26 Å². The number of thioether (sulfide) groups is 1. The minimum atomic E-state index is -0.563. The number of nitrogens with one attached hydrogen (secondary N) is 1. The van der Waals surface area contributed by atoms with Gasteiger partial charge in [-0.15, -0.1) is 11.8 Å². The molecule has 1 heterocycles. The fourth-order valence-electron chi connectivity index (χ4n) is 1.82. The first kappa shape index (κ1) is 15.5. The second-order valence-electron chi connectivity index (χ2n) is 4.20. The van der Waals surface area contributed by atoms with Gasteiger partial charge >= 0.3 is 0 Å². The van der Waals surface area contributed by atoms with Crippen LogP contribution in [0.15, 0.2) is 40.2 Å². The number of carbonyl (C=O) groups excluding carboxylic acids is 1. The van der Waals surface area contributed by atoms with Crippen LogP contribution in [0.25, 0.3) is 0 Å². The van der Waals surface area contributed by atoms with Gasteiger partial charge in [0.1, 0.15) is 11.6 Å². The number of hydrogen-bond acceptors (Lipinski definition) is 6. The molecule has 0 spiro atoms. The molecule has 0 atom stereocenters. The van der Waals surface area contributed by atoms with Gasteiger partial charge in [0.2, 0.25) is 0 Å². The van der Waals surface area contributed by atoms with Gasteiger partial charge in [-0.2, -0.15) is 5.26 Å². The third-order valence-corrected chi connectivity index (χ3v) is 3.64. The molecule has 1 aromatic carbocycles. The topological polar surface area (TPSA) is 117 Å². The second-order valence-corrected chi connectivity index (χ2v) is 5.02. The maximum Gasteiger partial charge on any atom is 0.269 e. The first-order valence-corrected chi connectivity index (χ1v) is 7.21. The smallest absolute Gasteiger partial charge is 0.269 e. The number of aromatic amines is 1. The Morgan fingerprint density at radius 3 is 2.50 bits per heavy atom. The van der Waals surface area contributed by atoms with E-state index in [1.165, 1.54) is 42.1 Å². The predicted octanol–water partition coefficient (Wildman–Crippen LogP) is 2.11. The van der Waals surface area contributed by atoms with Crippen molar-refractivity contribution < 1.29 is 9.72 Å². The molecule has 1 aromatic heterocycles. The highest BCUT2D eigenvalue weighted by molar-refractivity contribution is 7.98. The average Bonchev–Trinajstić information content (AvgIpc) is 2.53. The lowest BCUT2D eigenvalue weighted by Crippen LogP contribution is -2.15. The summed E-state index contributed by atoms with van der Waals surface area (Å²) in [6.07, 6.45) is 1.68. The molecule has 22 heavy (non-hydrogen) atoms. The zero-order valence-electron chi connectivity index (χ0n) is 11.3. The highest BCUT2D eigenvalue weighted by Gasteiger charge is 2.17. The number of non-ortho nitro benzene ring substituents is 1. The lowest BCUT2D eigenvalue weighted by Gasteiger charge is -2.06. The minimum Gasteiger partial charge on any atom is -0.315 e. The molecule has 2 rings (SSSR count). The predicted molar refractivity (Wildman–Crippen MR) is 80.1 cm³/mol. The van der Waals surface area contributed by atoms with Gasteiger partial charge < -0.3 is 4.98 Å². The minimum absolute atomic E-state index is 0.124. The van der Waals surface area contributed by atoms with Crippen molar-refractivity contribution in [2.45, 2.75) is 5.03 Å². The Morgan fingerprint density at radius 2 is 2.00 bits per heavy atom. The molecule has 8 heteroatoms. The van der Waals surface area contributed by atoms with Gasteiger partial charge in [0.05, 0.1) is 15.5 Å². The number of hydrogen-bond donors (Lipinski definition) is 1. The molecule has 0 saturated heterocycles. The number of H-pyrrole nitrogens is 1. The van der Waals surface area contributed by atoms with Crippen LogP contribution >= 0.6 is 11.8 Å². The molecule has 0 bridgehead atoms. The number of ketones is 1. The fraction of sp³-hybridized carbons (Fsp3) is 0.0714. The molecule has 0 radical (unpaired) electrons. The van der Waals surface area contributed by atoms with Crippen molar-refractivity contribution in [1.29, 1.82) is 5.26 Å². The number of benzene rings is 1. The van der Waals surface area contributed by atoms with Crippen molar-refractivity contribution in [3.05, 3.63) is 67.5 Å². The fourth-order valence-corrected chi connectivity index (χ4v) is 2.38. The van der Waals surface area contributed by atoms with Crippen LogP contribution in [0.3, 0.4) is 0 Å². The molecule has 110 valence electrons. The van der Waals surface area contributed by atoms with Crippen LogP contribution in [0.5, 0.6) is 0 Å². The molecule has 1 N–H and O–H groups in total. The summed E-state index contributed by atoms with van der Waals surface area (Å²) in [6.45, 7) is 0. The summed E-state index contributed by atoms with van der Waals surface area (Å²) in [7, 11) is 0. The van der Waals surface area contributed by atoms with Gasteiger partial charge in [0.15, 0.2) is 5.78 Å². The molecule has 0 saturated carbocycles. The van der Waals surface area contributed by atoms with Gasteiger partial charge in [-0.25, -0.2) is 0 Å². The van der Waals surface area contributed by atoms with E-state index in [0.29, 0.717) is 5.03 Å². The Morgan fingerprint density at radius 1 is 1.36 bits per heavy atom. The number of nitro benzene ring substituents is 1. The molecule has 0 aliphatic carbocycles. The van der Waals surface area contributed by atoms with Crippen LogP contribution in [-0.2, 0) is 0 Å². The van der Waals surface area contributed by atoms with Crippen molar-refractivity contribution in [3.8, 4) is 6.07 Å². The van der Waals surface area contributed by atoms with Crippen molar-refractivity contribution in [2.24, 2.45) is 0 Å².